The van der Waals surface area contributed by atoms with Crippen LogP contribution in [-0.2, 0) is 20.9 Å². The molecule has 2 aromatic rings. The first-order valence-corrected chi connectivity index (χ1v) is 8.13. The lowest BCUT2D eigenvalue weighted by molar-refractivity contribution is -0.153. The minimum Gasteiger partial charge on any atom is -0.459 e. The molecule has 1 amide bonds. The third-order valence-electron chi connectivity index (χ3n) is 4.10. The van der Waals surface area contributed by atoms with E-state index in [9.17, 15) is 14.4 Å². The van der Waals surface area contributed by atoms with Gasteiger partial charge in [0, 0.05) is 12.7 Å². The van der Waals surface area contributed by atoms with Crippen LogP contribution in [0.4, 0.5) is 0 Å². The molecule has 2 heterocycles. The number of carbonyl (C=O) groups is 3. The number of ether oxygens (including phenoxy) is 1. The number of carbonyl (C=O) groups excluding carboxylic acids is 3. The van der Waals surface area contributed by atoms with E-state index in [2.05, 4.69) is 4.98 Å². The van der Waals surface area contributed by atoms with Crippen molar-refractivity contribution in [2.45, 2.75) is 25.5 Å². The molecule has 1 saturated heterocycles. The van der Waals surface area contributed by atoms with Crippen LogP contribution >= 0.6 is 0 Å². The lowest BCUT2D eigenvalue weighted by atomic mass is 10.2. The summed E-state index contributed by atoms with van der Waals surface area (Å²) in [4.78, 5) is 42.3. The van der Waals surface area contributed by atoms with Gasteiger partial charge in [0.05, 0.1) is 0 Å². The van der Waals surface area contributed by atoms with Crippen molar-refractivity contribution in [2.75, 3.05) is 6.54 Å². The second-order valence-corrected chi connectivity index (χ2v) is 5.79. The molecule has 1 aromatic heterocycles. The van der Waals surface area contributed by atoms with Gasteiger partial charge >= 0.3 is 5.97 Å². The predicted molar refractivity (Wildman–Crippen MR) is 89.5 cm³/mol. The molecular formula is C19H18N2O4. The Hall–Kier alpha value is -3.02. The second-order valence-electron chi connectivity index (χ2n) is 5.79. The summed E-state index contributed by atoms with van der Waals surface area (Å²) in [6.07, 6.45) is 2.61. The number of likely N-dealkylation sites (tertiary alicyclic amines) is 1. The highest BCUT2D eigenvalue weighted by Crippen LogP contribution is 2.20. The molecule has 0 N–H and O–H groups in total. The van der Waals surface area contributed by atoms with Crippen LogP contribution in [0, 0.1) is 0 Å². The molecule has 25 heavy (non-hydrogen) atoms. The molecule has 3 rings (SSSR count). The quantitative estimate of drug-likeness (QED) is 0.473. The third kappa shape index (κ3) is 3.91. The van der Waals surface area contributed by atoms with Crippen molar-refractivity contribution in [3.05, 3.63) is 66.0 Å². The van der Waals surface area contributed by atoms with E-state index in [1.54, 1.807) is 12.1 Å². The summed E-state index contributed by atoms with van der Waals surface area (Å²) < 4.78 is 5.32. The van der Waals surface area contributed by atoms with Crippen molar-refractivity contribution in [3.8, 4) is 0 Å². The Balaban J connectivity index is 1.64. The van der Waals surface area contributed by atoms with E-state index in [1.807, 2.05) is 30.3 Å². The van der Waals surface area contributed by atoms with E-state index >= 15 is 0 Å². The van der Waals surface area contributed by atoms with Crippen LogP contribution < -0.4 is 0 Å². The molecule has 1 aliphatic rings. The fraction of sp³-hybridized carbons (Fsp3) is 0.263. The fourth-order valence-electron chi connectivity index (χ4n) is 2.82. The average Bonchev–Trinajstić information content (AvgIpc) is 3.16. The van der Waals surface area contributed by atoms with Crippen LogP contribution in [0.15, 0.2) is 54.7 Å². The summed E-state index contributed by atoms with van der Waals surface area (Å²) in [7, 11) is 0. The number of aromatic nitrogens is 1. The van der Waals surface area contributed by atoms with Crippen LogP contribution in [-0.4, -0.2) is 40.1 Å². The van der Waals surface area contributed by atoms with Crippen LogP contribution in [0.3, 0.4) is 0 Å². The Morgan fingerprint density at radius 2 is 1.84 bits per heavy atom. The predicted octanol–water partition coefficient (Wildman–Crippen LogP) is 2.00. The molecule has 1 atom stereocenters. The molecule has 6 heteroatoms. The molecule has 1 aliphatic heterocycles. The molecule has 0 spiro atoms. The molecule has 0 unspecified atom stereocenters. The van der Waals surface area contributed by atoms with Gasteiger partial charge in [-0.3, -0.25) is 14.6 Å². The van der Waals surface area contributed by atoms with Gasteiger partial charge in [-0.15, -0.1) is 0 Å². The van der Waals surface area contributed by atoms with Crippen LogP contribution in [0.5, 0.6) is 0 Å². The van der Waals surface area contributed by atoms with Gasteiger partial charge in [0.15, 0.2) is 0 Å². The number of rotatable bonds is 5. The van der Waals surface area contributed by atoms with E-state index in [1.165, 1.54) is 17.2 Å². The smallest absolute Gasteiger partial charge is 0.329 e. The number of esters is 1. The maximum atomic E-state index is 12.5. The average molecular weight is 338 g/mol. The Morgan fingerprint density at radius 3 is 2.56 bits per heavy atom. The van der Waals surface area contributed by atoms with Gasteiger partial charge in [-0.1, -0.05) is 36.4 Å². The first kappa shape index (κ1) is 16.8. The number of Topliss-reactive ketones (excluding diaryl/α,β-unsaturated/α-hetero) is 1. The number of hydrogen-bond donors (Lipinski definition) is 0. The Morgan fingerprint density at radius 1 is 1.08 bits per heavy atom. The maximum Gasteiger partial charge on any atom is 0.329 e. The van der Waals surface area contributed by atoms with Gasteiger partial charge in [0.25, 0.3) is 11.7 Å². The van der Waals surface area contributed by atoms with Gasteiger partial charge in [-0.2, -0.15) is 0 Å². The summed E-state index contributed by atoms with van der Waals surface area (Å²) in [6.45, 7) is 0.509. The van der Waals surface area contributed by atoms with E-state index in [0.29, 0.717) is 19.4 Å². The summed E-state index contributed by atoms with van der Waals surface area (Å²) in [5.41, 5.74) is 0.951. The Kier molecular flexibility index (Phi) is 5.18. The lowest BCUT2D eigenvalue weighted by Gasteiger charge is -2.22. The van der Waals surface area contributed by atoms with Gasteiger partial charge in [-0.05, 0) is 30.5 Å². The largest absolute Gasteiger partial charge is 0.459 e. The van der Waals surface area contributed by atoms with Crippen molar-refractivity contribution in [1.29, 1.82) is 0 Å². The molecular weight excluding hydrogens is 320 g/mol. The van der Waals surface area contributed by atoms with E-state index in [-0.39, 0.29) is 12.3 Å². The maximum absolute atomic E-state index is 12.5. The zero-order valence-corrected chi connectivity index (χ0v) is 13.6. The van der Waals surface area contributed by atoms with Crippen LogP contribution in [0.1, 0.15) is 28.9 Å². The minimum absolute atomic E-state index is 0.0794. The highest BCUT2D eigenvalue weighted by Gasteiger charge is 2.38. The van der Waals surface area contributed by atoms with E-state index in [4.69, 9.17) is 4.74 Å². The zero-order valence-electron chi connectivity index (χ0n) is 13.6. The highest BCUT2D eigenvalue weighted by molar-refractivity contribution is 6.42. The lowest BCUT2D eigenvalue weighted by Crippen LogP contribution is -2.44. The summed E-state index contributed by atoms with van der Waals surface area (Å²) in [5, 5.41) is 0. The van der Waals surface area contributed by atoms with Crippen molar-refractivity contribution in [2.24, 2.45) is 0 Å². The number of ketones is 1. The summed E-state index contributed by atoms with van der Waals surface area (Å²) in [5.74, 6) is -1.90. The first-order valence-electron chi connectivity index (χ1n) is 8.13. The van der Waals surface area contributed by atoms with E-state index in [0.717, 1.165) is 5.56 Å². The Bertz CT molecular complexity index is 762. The second kappa shape index (κ2) is 7.70. The van der Waals surface area contributed by atoms with Crippen molar-refractivity contribution < 1.29 is 19.1 Å². The Labute approximate surface area is 145 Å². The molecule has 128 valence electrons. The van der Waals surface area contributed by atoms with Gasteiger partial charge in [-0.25, -0.2) is 4.79 Å². The molecule has 6 nitrogen and oxygen atoms in total. The van der Waals surface area contributed by atoms with Crippen LogP contribution in [0.2, 0.25) is 0 Å². The van der Waals surface area contributed by atoms with Crippen molar-refractivity contribution >= 4 is 17.7 Å². The molecule has 0 radical (unpaired) electrons. The molecule has 1 fully saturated rings. The van der Waals surface area contributed by atoms with Gasteiger partial charge < -0.3 is 9.64 Å². The molecule has 0 bridgehead atoms. The van der Waals surface area contributed by atoms with E-state index < -0.39 is 23.7 Å². The number of amides is 1. The standard InChI is InChI=1S/C19H18N2O4/c22-17(15-9-4-5-11-20-15)18(23)21-12-6-10-16(21)19(24)25-13-14-7-2-1-3-8-14/h1-5,7-9,11,16H,6,10,12-13H2/t16-/m0/s1. The highest BCUT2D eigenvalue weighted by atomic mass is 16.5. The van der Waals surface area contributed by atoms with Crippen molar-refractivity contribution in [1.82, 2.24) is 9.88 Å². The topological polar surface area (TPSA) is 76.6 Å². The minimum atomic E-state index is -0.719. The van der Waals surface area contributed by atoms with Gasteiger partial charge in [0.1, 0.15) is 18.3 Å². The SMILES string of the molecule is O=C(C(=O)N1CCC[C@H]1C(=O)OCc1ccccc1)c1ccccn1. The first-order chi connectivity index (χ1) is 12.2. The monoisotopic (exact) mass is 338 g/mol. The summed E-state index contributed by atoms with van der Waals surface area (Å²) in [6, 6.07) is 13.4. The molecule has 0 saturated carbocycles. The van der Waals surface area contributed by atoms with Crippen molar-refractivity contribution in [3.63, 3.8) is 0 Å². The molecule has 0 aliphatic carbocycles. The van der Waals surface area contributed by atoms with Crippen LogP contribution in [0.25, 0.3) is 0 Å². The van der Waals surface area contributed by atoms with Gasteiger partial charge in [0.2, 0.25) is 0 Å². The number of benzene rings is 1. The zero-order chi connectivity index (χ0) is 17.6. The molecule has 1 aromatic carbocycles. The number of pyridine rings is 1. The fourth-order valence-corrected chi connectivity index (χ4v) is 2.82. The normalized spacial score (nSPS) is 16.5. The number of hydrogen-bond acceptors (Lipinski definition) is 5. The summed E-state index contributed by atoms with van der Waals surface area (Å²) >= 11 is 0. The number of nitrogens with zero attached hydrogens (tertiary/aromatic N) is 2. The third-order valence-corrected chi connectivity index (χ3v) is 4.10.